The highest BCUT2D eigenvalue weighted by molar-refractivity contribution is 7.90. The second-order valence-electron chi connectivity index (χ2n) is 7.23. The van der Waals surface area contributed by atoms with E-state index in [0.717, 1.165) is 18.4 Å². The van der Waals surface area contributed by atoms with Gasteiger partial charge in [-0.15, -0.1) is 0 Å². The van der Waals surface area contributed by atoms with E-state index < -0.39 is 9.84 Å². The summed E-state index contributed by atoms with van der Waals surface area (Å²) in [5.74, 6) is 0.335. The Bertz CT molecular complexity index is 929. The number of pyridine rings is 1. The molecule has 1 aliphatic rings. The van der Waals surface area contributed by atoms with Crippen LogP contribution in [0.15, 0.2) is 35.6 Å². The molecule has 7 nitrogen and oxygen atoms in total. The fourth-order valence-corrected chi connectivity index (χ4v) is 4.20. The second kappa shape index (κ2) is 7.72. The molecule has 27 heavy (non-hydrogen) atoms. The van der Waals surface area contributed by atoms with Crippen LogP contribution in [0, 0.1) is 5.92 Å². The molecule has 2 aromatic heterocycles. The predicted octanol–water partition coefficient (Wildman–Crippen LogP) is 2.30. The van der Waals surface area contributed by atoms with Gasteiger partial charge in [-0.2, -0.15) is 0 Å². The number of rotatable bonds is 4. The quantitative estimate of drug-likeness (QED) is 0.798. The molecular weight excluding hydrogens is 364 g/mol. The number of carbonyl (C=O) groups excluding carboxylic acids is 1. The van der Waals surface area contributed by atoms with Crippen LogP contribution in [0.5, 0.6) is 0 Å². The van der Waals surface area contributed by atoms with Crippen molar-refractivity contribution in [2.75, 3.05) is 19.3 Å². The van der Waals surface area contributed by atoms with Crippen molar-refractivity contribution in [3.05, 3.63) is 36.4 Å². The van der Waals surface area contributed by atoms with E-state index in [1.54, 1.807) is 24.5 Å². The van der Waals surface area contributed by atoms with Gasteiger partial charge >= 0.3 is 0 Å². The average molecular weight is 388 g/mol. The van der Waals surface area contributed by atoms with E-state index >= 15 is 0 Å². The van der Waals surface area contributed by atoms with Gasteiger partial charge in [0.2, 0.25) is 5.91 Å². The van der Waals surface area contributed by atoms with Crippen molar-refractivity contribution in [2.24, 2.45) is 5.92 Å². The lowest BCUT2D eigenvalue weighted by molar-refractivity contribution is -0.135. The third kappa shape index (κ3) is 4.32. The third-order valence-corrected chi connectivity index (χ3v) is 5.85. The summed E-state index contributed by atoms with van der Waals surface area (Å²) in [4.78, 5) is 27.2. The lowest BCUT2D eigenvalue weighted by Gasteiger charge is -2.34. The third-order valence-electron chi connectivity index (χ3n) is 4.73. The van der Waals surface area contributed by atoms with Gasteiger partial charge in [0.1, 0.15) is 4.90 Å². The standard InChI is InChI=1S/C19H24N4O3S/c1-13(2)19(24)23-10-4-5-15(12-23)17-16(27(3,25)26)11-21-18(22-17)14-6-8-20-9-7-14/h6-9,11,13,15H,4-5,10,12H2,1-3H3. The van der Waals surface area contributed by atoms with Crippen LogP contribution >= 0.6 is 0 Å². The molecule has 1 unspecified atom stereocenters. The van der Waals surface area contributed by atoms with Crippen molar-refractivity contribution in [2.45, 2.75) is 37.5 Å². The number of hydrogen-bond donors (Lipinski definition) is 0. The first-order valence-electron chi connectivity index (χ1n) is 9.03. The minimum Gasteiger partial charge on any atom is -0.342 e. The maximum Gasteiger partial charge on any atom is 0.225 e. The molecule has 3 heterocycles. The zero-order chi connectivity index (χ0) is 19.6. The summed E-state index contributed by atoms with van der Waals surface area (Å²) in [5.41, 5.74) is 1.28. The summed E-state index contributed by atoms with van der Waals surface area (Å²) in [6.45, 7) is 4.93. The molecular formula is C19H24N4O3S. The van der Waals surface area contributed by atoms with Gasteiger partial charge in [-0.1, -0.05) is 13.8 Å². The number of piperidine rings is 1. The van der Waals surface area contributed by atoms with E-state index in [0.29, 0.717) is 24.6 Å². The molecule has 3 rings (SSSR count). The van der Waals surface area contributed by atoms with Crippen LogP contribution in [0.2, 0.25) is 0 Å². The van der Waals surface area contributed by atoms with Crippen molar-refractivity contribution >= 4 is 15.7 Å². The minimum atomic E-state index is -3.48. The van der Waals surface area contributed by atoms with E-state index in [1.165, 1.54) is 12.5 Å². The summed E-state index contributed by atoms with van der Waals surface area (Å²) < 4.78 is 24.6. The zero-order valence-corrected chi connectivity index (χ0v) is 16.6. The van der Waals surface area contributed by atoms with Crippen LogP contribution in [-0.4, -0.2) is 53.5 Å². The minimum absolute atomic E-state index is 0.0871. The molecule has 0 aromatic carbocycles. The molecule has 1 aliphatic heterocycles. The maximum atomic E-state index is 12.4. The molecule has 8 heteroatoms. The number of amides is 1. The SMILES string of the molecule is CC(C)C(=O)N1CCCC(c2nc(-c3ccncc3)ncc2S(C)(=O)=O)C1. The molecule has 0 saturated carbocycles. The molecule has 0 aliphatic carbocycles. The van der Waals surface area contributed by atoms with Gasteiger partial charge in [0.25, 0.3) is 0 Å². The largest absolute Gasteiger partial charge is 0.342 e. The van der Waals surface area contributed by atoms with Crippen molar-refractivity contribution in [3.8, 4) is 11.4 Å². The molecule has 1 amide bonds. The summed E-state index contributed by atoms with van der Waals surface area (Å²) in [6.07, 6.45) is 7.45. The van der Waals surface area contributed by atoms with Crippen LogP contribution in [0.1, 0.15) is 38.3 Å². The first-order chi connectivity index (χ1) is 12.8. The van der Waals surface area contributed by atoms with E-state index in [-0.39, 0.29) is 22.6 Å². The molecule has 1 saturated heterocycles. The van der Waals surface area contributed by atoms with Gasteiger partial charge < -0.3 is 4.90 Å². The molecule has 2 aromatic rings. The molecule has 144 valence electrons. The van der Waals surface area contributed by atoms with Gasteiger partial charge in [0, 0.05) is 55.3 Å². The first kappa shape index (κ1) is 19.4. The topological polar surface area (TPSA) is 93.1 Å². The van der Waals surface area contributed by atoms with Crippen LogP contribution in [-0.2, 0) is 14.6 Å². The van der Waals surface area contributed by atoms with Gasteiger partial charge in [-0.3, -0.25) is 9.78 Å². The average Bonchev–Trinajstić information content (AvgIpc) is 2.67. The Hall–Kier alpha value is -2.35. The monoisotopic (exact) mass is 388 g/mol. The molecule has 1 atom stereocenters. The second-order valence-corrected chi connectivity index (χ2v) is 9.21. The highest BCUT2D eigenvalue weighted by Gasteiger charge is 2.30. The summed E-state index contributed by atoms with van der Waals surface area (Å²) in [5, 5.41) is 0. The Labute approximate surface area is 159 Å². The lowest BCUT2D eigenvalue weighted by Crippen LogP contribution is -2.41. The Balaban J connectivity index is 2.02. The van der Waals surface area contributed by atoms with E-state index in [4.69, 9.17) is 0 Å². The molecule has 0 N–H and O–H groups in total. The number of carbonyl (C=O) groups is 1. The van der Waals surface area contributed by atoms with E-state index in [1.807, 2.05) is 18.7 Å². The van der Waals surface area contributed by atoms with Crippen molar-refractivity contribution in [1.29, 1.82) is 0 Å². The fraction of sp³-hybridized carbons (Fsp3) is 0.474. The number of aromatic nitrogens is 3. The van der Waals surface area contributed by atoms with Crippen molar-refractivity contribution in [1.82, 2.24) is 19.9 Å². The maximum absolute atomic E-state index is 12.4. The Morgan fingerprint density at radius 1 is 1.26 bits per heavy atom. The molecule has 0 bridgehead atoms. The Morgan fingerprint density at radius 2 is 1.96 bits per heavy atom. The Morgan fingerprint density at radius 3 is 2.59 bits per heavy atom. The Kier molecular flexibility index (Phi) is 5.55. The number of sulfone groups is 1. The summed E-state index contributed by atoms with van der Waals surface area (Å²) >= 11 is 0. The van der Waals surface area contributed by atoms with Crippen LogP contribution in [0.3, 0.4) is 0 Å². The highest BCUT2D eigenvalue weighted by Crippen LogP contribution is 2.31. The van der Waals surface area contributed by atoms with Crippen LogP contribution < -0.4 is 0 Å². The smallest absolute Gasteiger partial charge is 0.225 e. The van der Waals surface area contributed by atoms with Gasteiger partial charge in [0.15, 0.2) is 15.7 Å². The number of hydrogen-bond acceptors (Lipinski definition) is 6. The summed E-state index contributed by atoms with van der Waals surface area (Å²) in [7, 11) is -3.48. The normalized spacial score (nSPS) is 17.9. The van der Waals surface area contributed by atoms with Crippen LogP contribution in [0.4, 0.5) is 0 Å². The molecule has 1 fully saturated rings. The van der Waals surface area contributed by atoms with Gasteiger partial charge in [0.05, 0.1) is 5.69 Å². The number of likely N-dealkylation sites (tertiary alicyclic amines) is 1. The predicted molar refractivity (Wildman–Crippen MR) is 102 cm³/mol. The molecule has 0 spiro atoms. The van der Waals surface area contributed by atoms with E-state index in [2.05, 4.69) is 15.0 Å². The lowest BCUT2D eigenvalue weighted by atomic mass is 9.93. The first-order valence-corrected chi connectivity index (χ1v) is 10.9. The van der Waals surface area contributed by atoms with Crippen LogP contribution in [0.25, 0.3) is 11.4 Å². The fourth-order valence-electron chi connectivity index (χ4n) is 3.37. The highest BCUT2D eigenvalue weighted by atomic mass is 32.2. The van der Waals surface area contributed by atoms with Gasteiger partial charge in [-0.25, -0.2) is 18.4 Å². The summed E-state index contributed by atoms with van der Waals surface area (Å²) in [6, 6.07) is 3.57. The van der Waals surface area contributed by atoms with E-state index in [9.17, 15) is 13.2 Å². The number of nitrogens with zero attached hydrogens (tertiary/aromatic N) is 4. The molecule has 0 radical (unpaired) electrons. The van der Waals surface area contributed by atoms with Gasteiger partial charge in [-0.05, 0) is 25.0 Å². The zero-order valence-electron chi connectivity index (χ0n) is 15.8. The van der Waals surface area contributed by atoms with Crippen molar-refractivity contribution < 1.29 is 13.2 Å². The van der Waals surface area contributed by atoms with Crippen molar-refractivity contribution in [3.63, 3.8) is 0 Å².